The van der Waals surface area contributed by atoms with Gasteiger partial charge in [0.05, 0.1) is 37.5 Å². The molecule has 0 aliphatic carbocycles. The summed E-state index contributed by atoms with van der Waals surface area (Å²) in [5.74, 6) is 0.281. The van der Waals surface area contributed by atoms with Crippen LogP contribution in [0.3, 0.4) is 0 Å². The van der Waals surface area contributed by atoms with E-state index in [1.807, 2.05) is 24.3 Å². The van der Waals surface area contributed by atoms with Crippen molar-refractivity contribution < 1.29 is 23.7 Å². The van der Waals surface area contributed by atoms with Gasteiger partial charge in [-0.05, 0) is 29.8 Å². The van der Waals surface area contributed by atoms with Crippen LogP contribution in [0.25, 0.3) is 11.3 Å². The summed E-state index contributed by atoms with van der Waals surface area (Å²) in [5, 5.41) is 17.3. The van der Waals surface area contributed by atoms with E-state index in [0.717, 1.165) is 10.0 Å². The number of fused-ring (bicyclic) bond motifs is 1. The molecule has 10 nitrogen and oxygen atoms in total. The number of allylic oxidation sites excluding steroid dienone is 1. The Bertz CT molecular complexity index is 1370. The first-order valence-electron chi connectivity index (χ1n) is 11.1. The zero-order valence-electron chi connectivity index (χ0n) is 19.3. The number of hydrogen-bond donors (Lipinski definition) is 2. The molecule has 1 amide bonds. The second-order valence-electron chi connectivity index (χ2n) is 8.13. The Hall–Kier alpha value is -4.01. The Balaban J connectivity index is 1.54. The van der Waals surface area contributed by atoms with Gasteiger partial charge in [0.2, 0.25) is 11.8 Å². The molecule has 36 heavy (non-hydrogen) atoms. The van der Waals surface area contributed by atoms with Crippen LogP contribution < -0.4 is 19.9 Å². The fraction of sp³-hybridized carbons (Fsp3) is 0.240. The SMILES string of the molecule is COc1cc([C@@H]2C(C#N)=C(N)Oc3n[nH]c(-c4ccc(Br)cc4)c32)ccc1OC(=O)N1CCOCC1. The second kappa shape index (κ2) is 9.93. The number of ether oxygens (including phenoxy) is 4. The van der Waals surface area contributed by atoms with Crippen LogP contribution in [0.2, 0.25) is 0 Å². The third-order valence-corrected chi connectivity index (χ3v) is 6.59. The van der Waals surface area contributed by atoms with Crippen LogP contribution in [-0.2, 0) is 4.74 Å². The average Bonchev–Trinajstić information content (AvgIpc) is 3.32. The van der Waals surface area contributed by atoms with Crippen molar-refractivity contribution in [2.75, 3.05) is 33.4 Å². The minimum Gasteiger partial charge on any atom is -0.493 e. The predicted octanol–water partition coefficient (Wildman–Crippen LogP) is 3.90. The van der Waals surface area contributed by atoms with E-state index < -0.39 is 12.0 Å². The number of nitrogens with two attached hydrogens (primary N) is 1. The molecule has 3 heterocycles. The van der Waals surface area contributed by atoms with Crippen LogP contribution in [0.15, 0.2) is 58.4 Å². The summed E-state index contributed by atoms with van der Waals surface area (Å²) < 4.78 is 23.1. The smallest absolute Gasteiger partial charge is 0.415 e. The number of carbonyl (C=O) groups excluding carboxylic acids is 1. The molecule has 1 aromatic heterocycles. The number of nitrogens with one attached hydrogen (secondary N) is 1. The first-order valence-corrected chi connectivity index (χ1v) is 11.9. The number of H-pyrrole nitrogens is 1. The highest BCUT2D eigenvalue weighted by Gasteiger charge is 2.36. The van der Waals surface area contributed by atoms with Crippen molar-refractivity contribution in [3.8, 4) is 34.7 Å². The Labute approximate surface area is 215 Å². The molecule has 11 heteroatoms. The molecule has 2 aromatic carbocycles. The number of benzene rings is 2. The lowest BCUT2D eigenvalue weighted by Gasteiger charge is -2.27. The van der Waals surface area contributed by atoms with Gasteiger partial charge in [0.15, 0.2) is 11.5 Å². The number of hydrogen-bond acceptors (Lipinski definition) is 8. The molecule has 0 saturated carbocycles. The molecule has 0 radical (unpaired) electrons. The predicted molar refractivity (Wildman–Crippen MR) is 132 cm³/mol. The fourth-order valence-corrected chi connectivity index (χ4v) is 4.53. The van der Waals surface area contributed by atoms with Crippen LogP contribution in [0.4, 0.5) is 4.79 Å². The molecular weight excluding hydrogens is 530 g/mol. The summed E-state index contributed by atoms with van der Waals surface area (Å²) in [7, 11) is 1.49. The molecule has 1 fully saturated rings. The van der Waals surface area contributed by atoms with Crippen LogP contribution in [0.1, 0.15) is 17.0 Å². The third kappa shape index (κ3) is 4.36. The van der Waals surface area contributed by atoms with E-state index >= 15 is 0 Å². The van der Waals surface area contributed by atoms with E-state index in [2.05, 4.69) is 32.2 Å². The van der Waals surface area contributed by atoms with E-state index in [-0.39, 0.29) is 23.1 Å². The Kier molecular flexibility index (Phi) is 6.54. The van der Waals surface area contributed by atoms with Crippen LogP contribution >= 0.6 is 15.9 Å². The Morgan fingerprint density at radius 2 is 1.97 bits per heavy atom. The van der Waals surface area contributed by atoms with Crippen molar-refractivity contribution in [3.05, 3.63) is 69.5 Å². The lowest BCUT2D eigenvalue weighted by Crippen LogP contribution is -2.42. The van der Waals surface area contributed by atoms with Gasteiger partial charge in [0, 0.05) is 23.1 Å². The summed E-state index contributed by atoms with van der Waals surface area (Å²) in [6.45, 7) is 1.85. The highest BCUT2D eigenvalue weighted by molar-refractivity contribution is 9.10. The number of nitriles is 1. The van der Waals surface area contributed by atoms with Crippen LogP contribution in [-0.4, -0.2) is 54.6 Å². The van der Waals surface area contributed by atoms with Crippen molar-refractivity contribution >= 4 is 22.0 Å². The van der Waals surface area contributed by atoms with Crippen molar-refractivity contribution in [2.24, 2.45) is 5.73 Å². The summed E-state index contributed by atoms with van der Waals surface area (Å²) in [6.07, 6.45) is -0.480. The number of amides is 1. The molecule has 1 saturated heterocycles. The number of aromatic amines is 1. The lowest BCUT2D eigenvalue weighted by molar-refractivity contribution is 0.0413. The molecule has 2 aliphatic rings. The molecule has 3 aromatic rings. The number of morpholine rings is 1. The van der Waals surface area contributed by atoms with Gasteiger partial charge in [-0.1, -0.05) is 34.1 Å². The largest absolute Gasteiger partial charge is 0.493 e. The summed E-state index contributed by atoms with van der Waals surface area (Å²) in [4.78, 5) is 14.2. The molecule has 1 atom stereocenters. The number of nitrogens with zero attached hydrogens (tertiary/aromatic N) is 3. The normalized spacial score (nSPS) is 17.1. The van der Waals surface area contributed by atoms with Gasteiger partial charge in [0.1, 0.15) is 11.6 Å². The molecule has 3 N–H and O–H groups in total. The molecule has 0 unspecified atom stereocenters. The fourth-order valence-electron chi connectivity index (χ4n) is 4.27. The molecular formula is C25H22BrN5O5. The Morgan fingerprint density at radius 3 is 2.67 bits per heavy atom. The number of halogens is 1. The number of rotatable bonds is 4. The van der Waals surface area contributed by atoms with Crippen molar-refractivity contribution in [3.63, 3.8) is 0 Å². The van der Waals surface area contributed by atoms with E-state index in [1.54, 1.807) is 23.1 Å². The number of carbonyl (C=O) groups is 1. The monoisotopic (exact) mass is 551 g/mol. The number of methoxy groups -OCH3 is 1. The highest BCUT2D eigenvalue weighted by atomic mass is 79.9. The van der Waals surface area contributed by atoms with Gasteiger partial charge in [0.25, 0.3) is 0 Å². The van der Waals surface area contributed by atoms with Crippen molar-refractivity contribution in [1.82, 2.24) is 15.1 Å². The van der Waals surface area contributed by atoms with Gasteiger partial charge in [-0.15, -0.1) is 5.10 Å². The van der Waals surface area contributed by atoms with E-state index in [0.29, 0.717) is 48.9 Å². The molecule has 2 aliphatic heterocycles. The quantitative estimate of drug-likeness (QED) is 0.498. The summed E-state index contributed by atoms with van der Waals surface area (Å²) >= 11 is 3.45. The maximum absolute atomic E-state index is 12.6. The maximum Gasteiger partial charge on any atom is 0.415 e. The molecule has 5 rings (SSSR count). The standard InChI is InChI=1S/C25H22BrN5O5/c1-33-19-12-15(4-7-18(19)35-25(32)31-8-10-34-11-9-31)20-17(13-27)23(28)36-24-21(20)22(29-30-24)14-2-5-16(26)6-3-14/h2-7,12,20H,8-11,28H2,1H3,(H,29,30)/t20-/m1/s1. The van der Waals surface area contributed by atoms with E-state index in [9.17, 15) is 10.1 Å². The second-order valence-corrected chi connectivity index (χ2v) is 9.04. The first-order chi connectivity index (χ1) is 17.5. The van der Waals surface area contributed by atoms with Gasteiger partial charge >= 0.3 is 6.09 Å². The zero-order chi connectivity index (χ0) is 25.2. The van der Waals surface area contributed by atoms with Crippen molar-refractivity contribution in [1.29, 1.82) is 5.26 Å². The lowest BCUT2D eigenvalue weighted by atomic mass is 9.83. The summed E-state index contributed by atoms with van der Waals surface area (Å²) in [6, 6.07) is 15.0. The Morgan fingerprint density at radius 1 is 1.22 bits per heavy atom. The van der Waals surface area contributed by atoms with Crippen LogP contribution in [0, 0.1) is 11.3 Å². The topological polar surface area (TPSA) is 136 Å². The van der Waals surface area contributed by atoms with Gasteiger partial charge < -0.3 is 29.6 Å². The van der Waals surface area contributed by atoms with E-state index in [1.165, 1.54) is 7.11 Å². The van der Waals surface area contributed by atoms with Crippen molar-refractivity contribution in [2.45, 2.75) is 5.92 Å². The van der Waals surface area contributed by atoms with Gasteiger partial charge in [-0.25, -0.2) is 4.79 Å². The third-order valence-electron chi connectivity index (χ3n) is 6.06. The number of aromatic nitrogens is 2. The summed E-state index contributed by atoms with van der Waals surface area (Å²) in [5.41, 5.74) is 9.27. The zero-order valence-corrected chi connectivity index (χ0v) is 20.9. The maximum atomic E-state index is 12.6. The average molecular weight is 552 g/mol. The highest BCUT2D eigenvalue weighted by Crippen LogP contribution is 2.47. The van der Waals surface area contributed by atoms with E-state index in [4.69, 9.17) is 24.7 Å². The molecule has 184 valence electrons. The van der Waals surface area contributed by atoms with Gasteiger partial charge in [-0.3, -0.25) is 5.10 Å². The minimum atomic E-state index is -0.589. The van der Waals surface area contributed by atoms with Gasteiger partial charge in [-0.2, -0.15) is 5.26 Å². The molecule has 0 spiro atoms. The molecule has 0 bridgehead atoms. The van der Waals surface area contributed by atoms with Crippen LogP contribution in [0.5, 0.6) is 17.4 Å². The first kappa shape index (κ1) is 23.7. The minimum absolute atomic E-state index is 0.0226.